The summed E-state index contributed by atoms with van der Waals surface area (Å²) in [7, 11) is -3.69. The number of sulfonamides is 1. The summed E-state index contributed by atoms with van der Waals surface area (Å²) in [5.41, 5.74) is -0.479. The summed E-state index contributed by atoms with van der Waals surface area (Å²) in [4.78, 5) is 12.1. The molecule has 2 aromatic carbocycles. The number of para-hydroxylation sites is 1. The Labute approximate surface area is 145 Å². The largest absolute Gasteiger partial charge is 0.317 e. The van der Waals surface area contributed by atoms with Crippen LogP contribution in [0, 0.1) is 11.6 Å². The Bertz CT molecular complexity index is 848. The second-order valence-corrected chi connectivity index (χ2v) is 7.22. The summed E-state index contributed by atoms with van der Waals surface area (Å²) < 4.78 is 53.9. The van der Waals surface area contributed by atoms with E-state index in [0.29, 0.717) is 6.42 Å². The van der Waals surface area contributed by atoms with Gasteiger partial charge in [0, 0.05) is 11.6 Å². The van der Waals surface area contributed by atoms with E-state index in [2.05, 4.69) is 10.0 Å². The molecule has 0 aromatic heterocycles. The minimum Gasteiger partial charge on any atom is -0.317 e. The van der Waals surface area contributed by atoms with Gasteiger partial charge >= 0.3 is 0 Å². The van der Waals surface area contributed by atoms with Crippen molar-refractivity contribution >= 4 is 21.6 Å². The number of carbonyl (C=O) groups excluding carboxylic acids is 1. The molecule has 0 bridgehead atoms. The number of hydrogen-bond donors (Lipinski definition) is 2. The molecule has 2 N–H and O–H groups in total. The number of carbonyl (C=O) groups is 1. The Hall–Kier alpha value is -2.32. The van der Waals surface area contributed by atoms with Crippen LogP contribution >= 0.6 is 0 Å². The maximum Gasteiger partial charge on any atom is 0.255 e. The van der Waals surface area contributed by atoms with Gasteiger partial charge in [-0.1, -0.05) is 13.0 Å². The van der Waals surface area contributed by atoms with E-state index in [1.165, 1.54) is 30.3 Å². The Balaban J connectivity index is 2.18. The van der Waals surface area contributed by atoms with Gasteiger partial charge in [0.25, 0.3) is 5.91 Å². The lowest BCUT2D eigenvalue weighted by Gasteiger charge is -2.12. The van der Waals surface area contributed by atoms with Crippen molar-refractivity contribution in [3.63, 3.8) is 0 Å². The maximum absolute atomic E-state index is 13.6. The van der Waals surface area contributed by atoms with Gasteiger partial charge in [-0.05, 0) is 49.7 Å². The smallest absolute Gasteiger partial charge is 0.255 e. The molecule has 0 aliphatic carbocycles. The molecule has 25 heavy (non-hydrogen) atoms. The van der Waals surface area contributed by atoms with E-state index < -0.39 is 33.3 Å². The molecule has 0 saturated heterocycles. The van der Waals surface area contributed by atoms with Gasteiger partial charge in [0.1, 0.15) is 17.3 Å². The van der Waals surface area contributed by atoms with E-state index in [9.17, 15) is 22.0 Å². The lowest BCUT2D eigenvalue weighted by molar-refractivity contribution is 0.102. The minimum absolute atomic E-state index is 0.00132. The van der Waals surface area contributed by atoms with Crippen LogP contribution < -0.4 is 10.0 Å². The highest BCUT2D eigenvalue weighted by atomic mass is 32.2. The average molecular weight is 368 g/mol. The molecular weight excluding hydrogens is 350 g/mol. The van der Waals surface area contributed by atoms with Crippen LogP contribution in [-0.4, -0.2) is 20.4 Å². The quantitative estimate of drug-likeness (QED) is 0.822. The zero-order valence-corrected chi connectivity index (χ0v) is 14.5. The van der Waals surface area contributed by atoms with Crippen LogP contribution in [0.1, 0.15) is 30.6 Å². The molecule has 0 aliphatic heterocycles. The van der Waals surface area contributed by atoms with Crippen molar-refractivity contribution in [3.05, 3.63) is 59.7 Å². The molecule has 0 fully saturated rings. The number of hydrogen-bond acceptors (Lipinski definition) is 3. The fraction of sp³-hybridized carbons (Fsp3) is 0.235. The van der Waals surface area contributed by atoms with Crippen molar-refractivity contribution in [3.8, 4) is 0 Å². The maximum atomic E-state index is 13.6. The molecule has 2 rings (SSSR count). The summed E-state index contributed by atoms with van der Waals surface area (Å²) in [6.45, 7) is 3.59. The number of benzene rings is 2. The van der Waals surface area contributed by atoms with E-state index in [1.807, 2.05) is 6.92 Å². The van der Waals surface area contributed by atoms with Gasteiger partial charge in [-0.3, -0.25) is 4.79 Å². The zero-order chi connectivity index (χ0) is 18.6. The first-order chi connectivity index (χ1) is 11.7. The molecule has 1 atom stereocenters. The van der Waals surface area contributed by atoms with Crippen LogP contribution in [0.25, 0.3) is 0 Å². The SMILES string of the molecule is CCC(C)NS(=O)(=O)c1ccc(C(=O)Nc2c(F)cccc2F)cc1. The lowest BCUT2D eigenvalue weighted by atomic mass is 10.2. The second-order valence-electron chi connectivity index (χ2n) is 5.51. The molecule has 0 spiro atoms. The van der Waals surface area contributed by atoms with Gasteiger partial charge in [-0.15, -0.1) is 0 Å². The molecule has 1 amide bonds. The number of anilines is 1. The lowest BCUT2D eigenvalue weighted by Crippen LogP contribution is -2.32. The highest BCUT2D eigenvalue weighted by Gasteiger charge is 2.18. The molecule has 0 radical (unpaired) electrons. The summed E-state index contributed by atoms with van der Waals surface area (Å²) in [5.74, 6) is -2.54. The summed E-state index contributed by atoms with van der Waals surface area (Å²) >= 11 is 0. The normalized spacial score (nSPS) is 12.6. The van der Waals surface area contributed by atoms with Gasteiger partial charge in [-0.25, -0.2) is 21.9 Å². The van der Waals surface area contributed by atoms with Crippen molar-refractivity contribution in [2.24, 2.45) is 0 Å². The third-order valence-corrected chi connectivity index (χ3v) is 5.20. The Morgan fingerprint density at radius 2 is 1.64 bits per heavy atom. The summed E-state index contributed by atoms with van der Waals surface area (Å²) in [5, 5.41) is 2.14. The molecule has 0 saturated carbocycles. The molecule has 0 heterocycles. The predicted octanol–water partition coefficient (Wildman–Crippen LogP) is 3.29. The second kappa shape index (κ2) is 7.71. The van der Waals surface area contributed by atoms with E-state index >= 15 is 0 Å². The minimum atomic E-state index is -3.69. The molecular formula is C17H18F2N2O3S. The summed E-state index contributed by atoms with van der Waals surface area (Å²) in [6.07, 6.45) is 0.633. The molecule has 8 heteroatoms. The van der Waals surface area contributed by atoms with Crippen LogP contribution in [0.5, 0.6) is 0 Å². The Morgan fingerprint density at radius 3 is 2.16 bits per heavy atom. The first-order valence-corrected chi connectivity index (χ1v) is 9.10. The molecule has 5 nitrogen and oxygen atoms in total. The summed E-state index contributed by atoms with van der Waals surface area (Å²) in [6, 6.07) is 8.08. The van der Waals surface area contributed by atoms with Crippen molar-refractivity contribution in [2.75, 3.05) is 5.32 Å². The van der Waals surface area contributed by atoms with Gasteiger partial charge in [-0.2, -0.15) is 0 Å². The number of amides is 1. The third-order valence-electron chi connectivity index (χ3n) is 3.60. The Kier molecular flexibility index (Phi) is 5.86. The fourth-order valence-electron chi connectivity index (χ4n) is 2.00. The number of halogens is 2. The van der Waals surface area contributed by atoms with E-state index in [1.54, 1.807) is 6.92 Å². The Morgan fingerprint density at radius 1 is 1.08 bits per heavy atom. The van der Waals surface area contributed by atoms with Crippen LogP contribution in [0.15, 0.2) is 47.4 Å². The van der Waals surface area contributed by atoms with Gasteiger partial charge in [0.2, 0.25) is 10.0 Å². The van der Waals surface area contributed by atoms with Crippen LogP contribution in [-0.2, 0) is 10.0 Å². The number of rotatable bonds is 6. The van der Waals surface area contributed by atoms with E-state index in [-0.39, 0.29) is 16.5 Å². The molecule has 2 aromatic rings. The van der Waals surface area contributed by atoms with Crippen LogP contribution in [0.3, 0.4) is 0 Å². The van der Waals surface area contributed by atoms with Crippen molar-refractivity contribution < 1.29 is 22.0 Å². The highest BCUT2D eigenvalue weighted by molar-refractivity contribution is 7.89. The van der Waals surface area contributed by atoms with Crippen molar-refractivity contribution in [1.29, 1.82) is 0 Å². The fourth-order valence-corrected chi connectivity index (χ4v) is 3.33. The average Bonchev–Trinajstić information content (AvgIpc) is 2.57. The topological polar surface area (TPSA) is 75.3 Å². The first kappa shape index (κ1) is 19.0. The molecule has 1 unspecified atom stereocenters. The van der Waals surface area contributed by atoms with E-state index in [4.69, 9.17) is 0 Å². The van der Waals surface area contributed by atoms with Gasteiger partial charge in [0.05, 0.1) is 4.90 Å². The highest BCUT2D eigenvalue weighted by Crippen LogP contribution is 2.19. The van der Waals surface area contributed by atoms with Gasteiger partial charge in [0.15, 0.2) is 0 Å². The van der Waals surface area contributed by atoms with Crippen LogP contribution in [0.2, 0.25) is 0 Å². The van der Waals surface area contributed by atoms with Crippen molar-refractivity contribution in [2.45, 2.75) is 31.2 Å². The van der Waals surface area contributed by atoms with Gasteiger partial charge < -0.3 is 5.32 Å². The number of nitrogens with one attached hydrogen (secondary N) is 2. The standard InChI is InChI=1S/C17H18F2N2O3S/c1-3-11(2)21-25(23,24)13-9-7-12(8-10-13)17(22)20-16-14(18)5-4-6-15(16)19/h4-11,21H,3H2,1-2H3,(H,20,22). The monoisotopic (exact) mass is 368 g/mol. The van der Waals surface area contributed by atoms with Crippen LogP contribution in [0.4, 0.5) is 14.5 Å². The zero-order valence-electron chi connectivity index (χ0n) is 13.7. The first-order valence-electron chi connectivity index (χ1n) is 7.62. The molecule has 0 aliphatic rings. The predicted molar refractivity (Wildman–Crippen MR) is 90.8 cm³/mol. The van der Waals surface area contributed by atoms with Crippen molar-refractivity contribution in [1.82, 2.24) is 4.72 Å². The van der Waals surface area contributed by atoms with E-state index in [0.717, 1.165) is 12.1 Å². The molecule has 134 valence electrons. The third kappa shape index (κ3) is 4.61.